The van der Waals surface area contributed by atoms with Gasteiger partial charge in [0.2, 0.25) is 0 Å². The Labute approximate surface area is 142 Å². The third-order valence-electron chi connectivity index (χ3n) is 3.81. The molecular formula is C16H16N2O3S2. The maximum Gasteiger partial charge on any atom is 0.330 e. The van der Waals surface area contributed by atoms with E-state index in [9.17, 15) is 14.7 Å². The number of rotatable bonds is 4. The Hall–Kier alpha value is -1.86. The number of thioether (sulfide) groups is 1. The van der Waals surface area contributed by atoms with Crippen LogP contribution in [-0.4, -0.2) is 39.0 Å². The molecule has 2 heterocycles. The average Bonchev–Trinajstić information content (AvgIpc) is 3.16. The summed E-state index contributed by atoms with van der Waals surface area (Å²) in [6, 6.07) is 9.63. The van der Waals surface area contributed by atoms with E-state index in [1.54, 1.807) is 18.7 Å². The van der Waals surface area contributed by atoms with Gasteiger partial charge in [-0.3, -0.25) is 4.79 Å². The van der Waals surface area contributed by atoms with Gasteiger partial charge in [-0.2, -0.15) is 11.8 Å². The minimum atomic E-state index is -1.16. The molecule has 1 atom stereocenters. The lowest BCUT2D eigenvalue weighted by Crippen LogP contribution is -2.54. The van der Waals surface area contributed by atoms with Crippen LogP contribution in [0.3, 0.4) is 0 Å². The molecule has 2 N–H and O–H groups in total. The SMILES string of the molecule is Cc1nc(-c2ccccc2)sc1C(=O)NC1(C(=O)O)CCSC1. The summed E-state index contributed by atoms with van der Waals surface area (Å²) in [6.45, 7) is 1.77. The average molecular weight is 348 g/mol. The molecular weight excluding hydrogens is 332 g/mol. The number of carboxylic acids is 1. The van der Waals surface area contributed by atoms with Crippen LogP contribution in [0, 0.1) is 6.92 Å². The van der Waals surface area contributed by atoms with Crippen molar-refractivity contribution in [3.63, 3.8) is 0 Å². The summed E-state index contributed by atoms with van der Waals surface area (Å²) < 4.78 is 0. The van der Waals surface area contributed by atoms with Crippen molar-refractivity contribution in [3.8, 4) is 10.6 Å². The van der Waals surface area contributed by atoms with Crippen LogP contribution in [0.15, 0.2) is 30.3 Å². The number of aromatic nitrogens is 1. The smallest absolute Gasteiger partial charge is 0.330 e. The zero-order valence-corrected chi connectivity index (χ0v) is 14.2. The van der Waals surface area contributed by atoms with Crippen molar-refractivity contribution in [1.29, 1.82) is 0 Å². The van der Waals surface area contributed by atoms with Crippen LogP contribution in [0.4, 0.5) is 0 Å². The summed E-state index contributed by atoms with van der Waals surface area (Å²) in [5.74, 6) is -0.186. The van der Waals surface area contributed by atoms with E-state index in [-0.39, 0.29) is 5.91 Å². The number of nitrogens with one attached hydrogen (secondary N) is 1. The highest BCUT2D eigenvalue weighted by Gasteiger charge is 2.43. The van der Waals surface area contributed by atoms with Gasteiger partial charge in [-0.25, -0.2) is 9.78 Å². The maximum atomic E-state index is 12.6. The van der Waals surface area contributed by atoms with Crippen LogP contribution in [0.25, 0.3) is 10.6 Å². The number of carbonyl (C=O) groups excluding carboxylic acids is 1. The van der Waals surface area contributed by atoms with Gasteiger partial charge in [0.05, 0.1) is 5.69 Å². The Morgan fingerprint density at radius 1 is 1.30 bits per heavy atom. The number of hydrogen-bond acceptors (Lipinski definition) is 5. The molecule has 23 heavy (non-hydrogen) atoms. The number of carbonyl (C=O) groups is 2. The van der Waals surface area contributed by atoms with Gasteiger partial charge in [-0.05, 0) is 19.1 Å². The predicted molar refractivity (Wildman–Crippen MR) is 92.1 cm³/mol. The molecule has 7 heteroatoms. The highest BCUT2D eigenvalue weighted by Crippen LogP contribution is 2.31. The van der Waals surface area contributed by atoms with Crippen molar-refractivity contribution in [3.05, 3.63) is 40.9 Å². The van der Waals surface area contributed by atoms with Crippen molar-refractivity contribution in [2.24, 2.45) is 0 Å². The molecule has 1 amide bonds. The molecule has 0 spiro atoms. The molecule has 0 saturated carbocycles. The molecule has 1 aromatic heterocycles. The lowest BCUT2D eigenvalue weighted by Gasteiger charge is -2.24. The summed E-state index contributed by atoms with van der Waals surface area (Å²) >= 11 is 2.84. The maximum absolute atomic E-state index is 12.6. The van der Waals surface area contributed by atoms with E-state index in [1.807, 2.05) is 30.3 Å². The van der Waals surface area contributed by atoms with Crippen molar-refractivity contribution in [2.75, 3.05) is 11.5 Å². The molecule has 120 valence electrons. The summed E-state index contributed by atoms with van der Waals surface area (Å²) in [4.78, 5) is 29.0. The van der Waals surface area contributed by atoms with Gasteiger partial charge in [0, 0.05) is 11.3 Å². The van der Waals surface area contributed by atoms with E-state index in [2.05, 4.69) is 10.3 Å². The fourth-order valence-corrected chi connectivity index (χ4v) is 4.76. The molecule has 1 aromatic carbocycles. The fourth-order valence-electron chi connectivity index (χ4n) is 2.47. The first-order chi connectivity index (χ1) is 11.0. The highest BCUT2D eigenvalue weighted by molar-refractivity contribution is 7.99. The molecule has 0 bridgehead atoms. The van der Waals surface area contributed by atoms with Gasteiger partial charge < -0.3 is 10.4 Å². The van der Waals surface area contributed by atoms with Gasteiger partial charge in [0.1, 0.15) is 15.4 Å². The zero-order chi connectivity index (χ0) is 16.4. The molecule has 1 saturated heterocycles. The largest absolute Gasteiger partial charge is 0.479 e. The third-order valence-corrected chi connectivity index (χ3v) is 6.20. The minimum absolute atomic E-state index is 0.355. The van der Waals surface area contributed by atoms with Gasteiger partial charge in [0.25, 0.3) is 5.91 Å². The molecule has 3 rings (SSSR count). The molecule has 5 nitrogen and oxygen atoms in total. The van der Waals surface area contributed by atoms with E-state index in [0.29, 0.717) is 22.7 Å². The summed E-state index contributed by atoms with van der Waals surface area (Å²) in [5.41, 5.74) is 0.409. The monoisotopic (exact) mass is 348 g/mol. The van der Waals surface area contributed by atoms with E-state index >= 15 is 0 Å². The lowest BCUT2D eigenvalue weighted by molar-refractivity contribution is -0.143. The van der Waals surface area contributed by atoms with Crippen LogP contribution in [0.2, 0.25) is 0 Å². The Morgan fingerprint density at radius 3 is 2.65 bits per heavy atom. The zero-order valence-electron chi connectivity index (χ0n) is 12.5. The topological polar surface area (TPSA) is 79.3 Å². The van der Waals surface area contributed by atoms with Crippen molar-refractivity contribution < 1.29 is 14.7 Å². The van der Waals surface area contributed by atoms with Crippen LogP contribution >= 0.6 is 23.1 Å². The van der Waals surface area contributed by atoms with Crippen LogP contribution < -0.4 is 5.32 Å². The Morgan fingerprint density at radius 2 is 2.04 bits per heavy atom. The summed E-state index contributed by atoms with van der Waals surface area (Å²) in [5, 5.41) is 13.0. The molecule has 1 unspecified atom stereocenters. The number of aryl methyl sites for hydroxylation is 1. The number of benzene rings is 1. The van der Waals surface area contributed by atoms with Gasteiger partial charge in [0.15, 0.2) is 0 Å². The first-order valence-electron chi connectivity index (χ1n) is 7.18. The van der Waals surface area contributed by atoms with Crippen molar-refractivity contribution in [2.45, 2.75) is 18.9 Å². The second-order valence-electron chi connectivity index (χ2n) is 5.44. The molecule has 1 aliphatic rings. The number of carboxylic acid groups (broad SMARTS) is 1. The molecule has 0 aliphatic carbocycles. The van der Waals surface area contributed by atoms with E-state index in [1.165, 1.54) is 11.3 Å². The van der Waals surface area contributed by atoms with E-state index < -0.39 is 11.5 Å². The standard InChI is InChI=1S/C16H16N2O3S2/c1-10-12(23-14(17-10)11-5-3-2-4-6-11)13(19)18-16(15(20)21)7-8-22-9-16/h2-6H,7-9H2,1H3,(H,18,19)(H,20,21). The summed E-state index contributed by atoms with van der Waals surface area (Å²) in [7, 11) is 0. The van der Waals surface area contributed by atoms with Crippen LogP contribution in [-0.2, 0) is 4.79 Å². The lowest BCUT2D eigenvalue weighted by atomic mass is 9.99. The van der Waals surface area contributed by atoms with Crippen LogP contribution in [0.1, 0.15) is 21.8 Å². The fraction of sp³-hybridized carbons (Fsp3) is 0.312. The van der Waals surface area contributed by atoms with E-state index in [4.69, 9.17) is 0 Å². The molecule has 1 fully saturated rings. The second kappa shape index (κ2) is 6.33. The Bertz CT molecular complexity index is 737. The molecule has 0 radical (unpaired) electrons. The first-order valence-corrected chi connectivity index (χ1v) is 9.15. The summed E-state index contributed by atoms with van der Waals surface area (Å²) in [6.07, 6.45) is 0.447. The predicted octanol–water partition coefficient (Wildman–Crippen LogP) is 2.81. The number of aliphatic carboxylic acids is 1. The molecule has 2 aromatic rings. The van der Waals surface area contributed by atoms with Crippen molar-refractivity contribution in [1.82, 2.24) is 10.3 Å². The van der Waals surface area contributed by atoms with Gasteiger partial charge in [-0.15, -0.1) is 11.3 Å². The number of nitrogens with zero attached hydrogens (tertiary/aromatic N) is 1. The number of amides is 1. The normalized spacial score (nSPS) is 20.4. The number of hydrogen-bond donors (Lipinski definition) is 2. The van der Waals surface area contributed by atoms with Crippen molar-refractivity contribution >= 4 is 35.0 Å². The van der Waals surface area contributed by atoms with Gasteiger partial charge in [-0.1, -0.05) is 30.3 Å². The Balaban J connectivity index is 1.86. The number of thiazole rings is 1. The minimum Gasteiger partial charge on any atom is -0.479 e. The van der Waals surface area contributed by atoms with Crippen LogP contribution in [0.5, 0.6) is 0 Å². The van der Waals surface area contributed by atoms with E-state index in [0.717, 1.165) is 16.3 Å². The molecule has 1 aliphatic heterocycles. The first kappa shape index (κ1) is 16.0. The Kier molecular flexibility index (Phi) is 4.41. The third kappa shape index (κ3) is 3.11. The van der Waals surface area contributed by atoms with Gasteiger partial charge >= 0.3 is 5.97 Å². The second-order valence-corrected chi connectivity index (χ2v) is 7.55. The highest BCUT2D eigenvalue weighted by atomic mass is 32.2. The quantitative estimate of drug-likeness (QED) is 0.888.